The highest BCUT2D eigenvalue weighted by Gasteiger charge is 2.17. The number of anilines is 1. The molecule has 0 fully saturated rings. The Balaban J connectivity index is 2.86. The number of carbonyl (C=O) groups excluding carboxylic acids is 1. The number of rotatable bonds is 1. The minimum Gasteiger partial charge on any atom is -0.444 e. The highest BCUT2D eigenvalue weighted by Crippen LogP contribution is 2.27. The Morgan fingerprint density at radius 1 is 1.41 bits per heavy atom. The number of aryl methyl sites for hydroxylation is 1. The van der Waals surface area contributed by atoms with E-state index in [-0.39, 0.29) is 0 Å². The Kier molecular flexibility index (Phi) is 4.83. The van der Waals surface area contributed by atoms with Crippen LogP contribution in [-0.4, -0.2) is 11.7 Å². The average molecular weight is 412 g/mol. The minimum absolute atomic E-state index is 0.430. The van der Waals surface area contributed by atoms with Crippen molar-refractivity contribution < 1.29 is 9.53 Å². The Bertz CT molecular complexity index is 418. The van der Waals surface area contributed by atoms with E-state index in [1.54, 1.807) is 0 Å². The second-order valence-electron chi connectivity index (χ2n) is 4.71. The lowest BCUT2D eigenvalue weighted by molar-refractivity contribution is 0.0635. The van der Waals surface area contributed by atoms with Crippen LogP contribution in [0.5, 0.6) is 0 Å². The normalized spacial score (nSPS) is 11.2. The molecule has 0 aliphatic rings. The summed E-state index contributed by atoms with van der Waals surface area (Å²) in [7, 11) is 0. The zero-order chi connectivity index (χ0) is 13.2. The maximum absolute atomic E-state index is 11.7. The molecule has 0 atom stereocenters. The Hall–Kier alpha value is -0.300. The maximum atomic E-state index is 11.7. The summed E-state index contributed by atoms with van der Waals surface area (Å²) in [6, 6.07) is 3.90. The lowest BCUT2D eigenvalue weighted by Gasteiger charge is -2.20. The van der Waals surface area contributed by atoms with Crippen LogP contribution in [0.25, 0.3) is 0 Å². The van der Waals surface area contributed by atoms with Crippen molar-refractivity contribution >= 4 is 50.3 Å². The van der Waals surface area contributed by atoms with Gasteiger partial charge in [0.25, 0.3) is 0 Å². The molecule has 17 heavy (non-hydrogen) atoms. The highest BCUT2D eigenvalue weighted by atomic mass is 127. The highest BCUT2D eigenvalue weighted by molar-refractivity contribution is 14.1. The predicted molar refractivity (Wildman–Crippen MR) is 81.5 cm³/mol. The van der Waals surface area contributed by atoms with E-state index in [1.807, 2.05) is 39.8 Å². The van der Waals surface area contributed by atoms with Crippen LogP contribution >= 0.6 is 38.5 Å². The molecule has 0 spiro atoms. The molecule has 94 valence electrons. The van der Waals surface area contributed by atoms with Crippen molar-refractivity contribution in [3.05, 3.63) is 25.7 Å². The van der Waals surface area contributed by atoms with Gasteiger partial charge < -0.3 is 4.74 Å². The molecule has 0 radical (unpaired) electrons. The zero-order valence-electron chi connectivity index (χ0n) is 10.2. The first kappa shape index (κ1) is 14.8. The lowest BCUT2D eigenvalue weighted by atomic mass is 10.2. The first-order chi connectivity index (χ1) is 7.69. The molecule has 0 aromatic heterocycles. The summed E-state index contributed by atoms with van der Waals surface area (Å²) in [5.74, 6) is 0. The largest absolute Gasteiger partial charge is 0.444 e. The fraction of sp³-hybridized carbons (Fsp3) is 0.417. The van der Waals surface area contributed by atoms with E-state index in [1.165, 1.54) is 0 Å². The molecular weight excluding hydrogens is 397 g/mol. The standard InChI is InChI=1S/C12H15BrINO2/c1-7-5-8(13)6-9(14)10(7)15-11(16)17-12(2,3)4/h5-6H,1-4H3,(H,15,16). The molecule has 1 amide bonds. The molecule has 1 aromatic rings. The van der Waals surface area contributed by atoms with Gasteiger partial charge in [0, 0.05) is 8.04 Å². The number of benzene rings is 1. The molecule has 0 heterocycles. The third-order valence-electron chi connectivity index (χ3n) is 1.88. The van der Waals surface area contributed by atoms with Crippen molar-refractivity contribution in [1.82, 2.24) is 0 Å². The number of halogens is 2. The molecule has 1 rings (SSSR count). The van der Waals surface area contributed by atoms with Crippen LogP contribution < -0.4 is 5.32 Å². The molecule has 0 saturated carbocycles. The molecule has 0 aliphatic heterocycles. The first-order valence-corrected chi connectivity index (χ1v) is 7.02. The van der Waals surface area contributed by atoms with Gasteiger partial charge in [-0.1, -0.05) is 15.9 Å². The quantitative estimate of drug-likeness (QED) is 0.679. The SMILES string of the molecule is Cc1cc(Br)cc(I)c1NC(=O)OC(C)(C)C. The fourth-order valence-corrected chi connectivity index (χ4v) is 3.16. The maximum Gasteiger partial charge on any atom is 0.412 e. The van der Waals surface area contributed by atoms with Gasteiger partial charge in [0.05, 0.1) is 5.69 Å². The molecule has 1 aromatic carbocycles. The van der Waals surface area contributed by atoms with Crippen LogP contribution in [0.3, 0.4) is 0 Å². The molecule has 0 aliphatic carbocycles. The van der Waals surface area contributed by atoms with Crippen molar-refractivity contribution in [2.45, 2.75) is 33.3 Å². The summed E-state index contributed by atoms with van der Waals surface area (Å²) in [6.07, 6.45) is -0.430. The number of ether oxygens (including phenoxy) is 1. The van der Waals surface area contributed by atoms with Gasteiger partial charge in [0.2, 0.25) is 0 Å². The second-order valence-corrected chi connectivity index (χ2v) is 6.78. The van der Waals surface area contributed by atoms with Crippen LogP contribution in [0.2, 0.25) is 0 Å². The average Bonchev–Trinajstić information content (AvgIpc) is 2.08. The minimum atomic E-state index is -0.487. The van der Waals surface area contributed by atoms with E-state index in [4.69, 9.17) is 4.74 Å². The summed E-state index contributed by atoms with van der Waals surface area (Å²) in [5, 5.41) is 2.77. The van der Waals surface area contributed by atoms with Gasteiger partial charge in [-0.3, -0.25) is 5.32 Å². The van der Waals surface area contributed by atoms with Gasteiger partial charge >= 0.3 is 6.09 Å². The van der Waals surface area contributed by atoms with Gasteiger partial charge in [-0.15, -0.1) is 0 Å². The van der Waals surface area contributed by atoms with Crippen LogP contribution in [0.1, 0.15) is 26.3 Å². The number of nitrogens with one attached hydrogen (secondary N) is 1. The first-order valence-electron chi connectivity index (χ1n) is 5.15. The topological polar surface area (TPSA) is 38.3 Å². The van der Waals surface area contributed by atoms with Crippen LogP contribution in [-0.2, 0) is 4.74 Å². The number of hydrogen-bond acceptors (Lipinski definition) is 2. The van der Waals surface area contributed by atoms with Gasteiger partial charge in [-0.05, 0) is 68.0 Å². The molecular formula is C12H15BrINO2. The van der Waals surface area contributed by atoms with Crippen molar-refractivity contribution in [2.24, 2.45) is 0 Å². The Labute approximate surface area is 124 Å². The van der Waals surface area contributed by atoms with Crippen LogP contribution in [0, 0.1) is 10.5 Å². The van der Waals surface area contributed by atoms with E-state index in [0.717, 1.165) is 19.3 Å². The summed E-state index contributed by atoms with van der Waals surface area (Å²) in [4.78, 5) is 11.7. The van der Waals surface area contributed by atoms with E-state index in [0.29, 0.717) is 0 Å². The summed E-state index contributed by atoms with van der Waals surface area (Å²) in [5.41, 5.74) is 1.30. The Morgan fingerprint density at radius 3 is 2.47 bits per heavy atom. The van der Waals surface area contributed by atoms with Crippen molar-refractivity contribution in [3.63, 3.8) is 0 Å². The molecule has 0 bridgehead atoms. The number of carbonyl (C=O) groups is 1. The molecule has 3 nitrogen and oxygen atoms in total. The third kappa shape index (κ3) is 4.83. The van der Waals surface area contributed by atoms with E-state index >= 15 is 0 Å². The molecule has 0 unspecified atom stereocenters. The summed E-state index contributed by atoms with van der Waals surface area (Å²) in [6.45, 7) is 7.46. The van der Waals surface area contributed by atoms with Crippen molar-refractivity contribution in [2.75, 3.05) is 5.32 Å². The summed E-state index contributed by atoms with van der Waals surface area (Å²) < 4.78 is 7.18. The van der Waals surface area contributed by atoms with Gasteiger partial charge in [0.15, 0.2) is 0 Å². The van der Waals surface area contributed by atoms with Crippen LogP contribution in [0.4, 0.5) is 10.5 Å². The number of amides is 1. The third-order valence-corrected chi connectivity index (χ3v) is 3.19. The molecule has 1 N–H and O–H groups in total. The fourth-order valence-electron chi connectivity index (χ4n) is 1.27. The molecule has 0 saturated heterocycles. The second kappa shape index (κ2) is 5.56. The number of hydrogen-bond donors (Lipinski definition) is 1. The summed E-state index contributed by atoms with van der Waals surface area (Å²) >= 11 is 5.60. The van der Waals surface area contributed by atoms with Crippen molar-refractivity contribution in [3.8, 4) is 0 Å². The van der Waals surface area contributed by atoms with E-state index in [2.05, 4.69) is 43.8 Å². The monoisotopic (exact) mass is 411 g/mol. The van der Waals surface area contributed by atoms with Gasteiger partial charge in [-0.2, -0.15) is 0 Å². The predicted octanol–water partition coefficient (Wildman–Crippen LogP) is 4.71. The van der Waals surface area contributed by atoms with E-state index in [9.17, 15) is 4.79 Å². The Morgan fingerprint density at radius 2 is 2.00 bits per heavy atom. The zero-order valence-corrected chi connectivity index (χ0v) is 14.0. The lowest BCUT2D eigenvalue weighted by Crippen LogP contribution is -2.27. The van der Waals surface area contributed by atoms with Crippen molar-refractivity contribution in [1.29, 1.82) is 0 Å². The van der Waals surface area contributed by atoms with Crippen LogP contribution in [0.15, 0.2) is 16.6 Å². The van der Waals surface area contributed by atoms with Gasteiger partial charge in [0.1, 0.15) is 5.60 Å². The van der Waals surface area contributed by atoms with Gasteiger partial charge in [-0.25, -0.2) is 4.79 Å². The molecule has 5 heteroatoms. The smallest absolute Gasteiger partial charge is 0.412 e. The van der Waals surface area contributed by atoms with E-state index < -0.39 is 11.7 Å².